The fraction of sp³-hybridized carbons (Fsp3) is 0.0714. The van der Waals surface area contributed by atoms with Crippen LogP contribution in [-0.2, 0) is 0 Å². The maximum Gasteiger partial charge on any atom is 1.00 e. The molecule has 5 rings (SSSR count). The van der Waals surface area contributed by atoms with E-state index in [0.29, 0.717) is 5.56 Å². The maximum absolute atomic E-state index is 15.4. The van der Waals surface area contributed by atoms with E-state index in [9.17, 15) is 17.6 Å². The summed E-state index contributed by atoms with van der Waals surface area (Å²) in [6, 6.07) is 14.9. The monoisotopic (exact) mass is 630 g/mol. The van der Waals surface area contributed by atoms with Crippen LogP contribution >= 0.6 is 0 Å². The van der Waals surface area contributed by atoms with Crippen LogP contribution in [0.3, 0.4) is 0 Å². The van der Waals surface area contributed by atoms with Crippen molar-refractivity contribution in [1.29, 1.82) is 0 Å². The summed E-state index contributed by atoms with van der Waals surface area (Å²) in [6.45, 7) is 3.57. The number of rotatable bonds is 2. The molecule has 0 aliphatic rings. The zero-order chi connectivity index (χ0) is 28.8. The molecule has 3 N–H and O–H groups in total. The summed E-state index contributed by atoms with van der Waals surface area (Å²) in [5, 5.41) is 18.3. The van der Waals surface area contributed by atoms with Crippen LogP contribution in [0.4, 0.5) is 30.7 Å². The van der Waals surface area contributed by atoms with Gasteiger partial charge in [-0.3, -0.25) is 4.39 Å². The molecule has 200 valence electrons. The van der Waals surface area contributed by atoms with Crippen LogP contribution in [0.2, 0.25) is 0 Å². The molecule has 0 amide bonds. The molecule has 0 aromatic heterocycles. The van der Waals surface area contributed by atoms with Gasteiger partial charge in [-0.05, 0) is 30.4 Å². The number of hydrogen-bond donors (Lipinski definition) is 3. The fourth-order valence-electron chi connectivity index (χ4n) is 4.33. The summed E-state index contributed by atoms with van der Waals surface area (Å²) in [6.07, 6.45) is 0. The van der Waals surface area contributed by atoms with Crippen LogP contribution < -0.4 is 58.2 Å². The molecule has 0 saturated heterocycles. The molecule has 0 heterocycles. The van der Waals surface area contributed by atoms with Crippen molar-refractivity contribution in [2.75, 3.05) is 0 Å². The average Bonchev–Trinajstić information content (AvgIpc) is 2.89. The predicted molar refractivity (Wildman–Crippen MR) is 133 cm³/mol. The third kappa shape index (κ3) is 5.92. The molecule has 0 radical (unpaired) electrons. The van der Waals surface area contributed by atoms with Crippen LogP contribution in [0.5, 0.6) is 0 Å². The van der Waals surface area contributed by atoms with Crippen molar-refractivity contribution in [3.63, 3.8) is 0 Å². The molecule has 3 nitrogen and oxygen atoms in total. The number of aryl methyl sites for hydroxylation is 2. The van der Waals surface area contributed by atoms with Gasteiger partial charge in [0.05, 0.1) is 11.6 Å². The Hall–Kier alpha value is -2.12. The van der Waals surface area contributed by atoms with Crippen molar-refractivity contribution >= 4 is 28.9 Å². The average molecular weight is 631 g/mol. The Morgan fingerprint density at radius 3 is 1.35 bits per heavy atom. The minimum absolute atomic E-state index is 0. The molecule has 0 bridgehead atoms. The molecule has 0 atom stereocenters. The summed E-state index contributed by atoms with van der Waals surface area (Å²) in [7, 11) is -2.17. The summed E-state index contributed by atoms with van der Waals surface area (Å²) in [5.41, 5.74) is 1.98. The van der Waals surface area contributed by atoms with E-state index in [1.807, 2.05) is 0 Å². The van der Waals surface area contributed by atoms with Gasteiger partial charge in [0.25, 0.3) is 0 Å². The zero-order valence-electron chi connectivity index (χ0n) is 21.2. The van der Waals surface area contributed by atoms with Crippen molar-refractivity contribution in [3.8, 4) is 22.3 Å². The van der Waals surface area contributed by atoms with Crippen molar-refractivity contribution in [2.24, 2.45) is 0 Å². The number of halogens is 7. The van der Waals surface area contributed by atoms with E-state index in [2.05, 4.69) is 6.07 Å². The second kappa shape index (κ2) is 12.8. The molecule has 0 saturated carbocycles. The van der Waals surface area contributed by atoms with Gasteiger partial charge in [-0.1, -0.05) is 76.2 Å². The van der Waals surface area contributed by atoms with Crippen molar-refractivity contribution in [3.05, 3.63) is 106 Å². The molecule has 12 heteroatoms. The second-order valence-corrected chi connectivity index (χ2v) is 8.65. The third-order valence-electron chi connectivity index (χ3n) is 6.04. The summed E-state index contributed by atoms with van der Waals surface area (Å²) in [4.78, 5) is 0. The van der Waals surface area contributed by atoms with E-state index < -0.39 is 69.6 Å². The summed E-state index contributed by atoms with van der Waals surface area (Å²) in [5.74, 6) is -13.6. The van der Waals surface area contributed by atoms with Gasteiger partial charge in [-0.2, -0.15) is 0 Å². The van der Waals surface area contributed by atoms with Gasteiger partial charge >= 0.3 is 65.5 Å². The van der Waals surface area contributed by atoms with Crippen LogP contribution in [0.25, 0.3) is 43.8 Å². The molecule has 0 aliphatic carbocycles. The largest absolute Gasteiger partial charge is 1.00 e. The Bertz CT molecular complexity index is 1730. The van der Waals surface area contributed by atoms with Crippen LogP contribution in [0.15, 0.2) is 48.5 Å². The fourth-order valence-corrected chi connectivity index (χ4v) is 4.33. The predicted octanol–water partition coefficient (Wildman–Crippen LogP) is 3.67. The van der Waals surface area contributed by atoms with Gasteiger partial charge in [0.2, 0.25) is 0 Å². The Labute approximate surface area is 272 Å². The molecule has 5 aromatic rings. The number of hydrogen-bond acceptors (Lipinski definition) is 3. The van der Waals surface area contributed by atoms with Gasteiger partial charge in [0.15, 0.2) is 23.3 Å². The van der Waals surface area contributed by atoms with E-state index in [1.165, 1.54) is 12.1 Å². The van der Waals surface area contributed by atoms with E-state index in [0.717, 1.165) is 11.1 Å². The Morgan fingerprint density at radius 2 is 0.900 bits per heavy atom. The quantitative estimate of drug-likeness (QED) is 0.0697. The van der Waals surface area contributed by atoms with E-state index in [1.54, 1.807) is 50.2 Å². The molecule has 0 unspecified atom stereocenters. The van der Waals surface area contributed by atoms with Gasteiger partial charge in [0, 0.05) is 5.39 Å². The first kappa shape index (κ1) is 32.4. The SMILES string of the molecule is Cc1ccc(-c2c(-c3ccc(C)cc3)c3c(F)c(F)c(F)c(F)c3c3c(F)c(F)c(F)[c-]c23)cc1.OB(O)O.[Rb+]. The third-order valence-corrected chi connectivity index (χ3v) is 6.04. The first-order chi connectivity index (χ1) is 18.3. The van der Waals surface area contributed by atoms with Crippen molar-refractivity contribution in [2.45, 2.75) is 13.8 Å². The van der Waals surface area contributed by atoms with E-state index in [4.69, 9.17) is 15.1 Å². The standard InChI is InChI=1S/C28H14F7.BH3O3.Rb/c1-12-3-7-14(8-4-12)18-16-11-17(29)23(30)24(31)20(16)22-21(25(32)27(34)28(35)26(22)33)19(18)15-9-5-13(2)6-10-15;2-1(3)4;/h3-10H,1-2H3;2-4H;/q-1;;+1. The maximum atomic E-state index is 15.4. The van der Waals surface area contributed by atoms with E-state index >= 15 is 13.2 Å². The molecular weight excluding hydrogens is 614 g/mol. The second-order valence-electron chi connectivity index (χ2n) is 8.65. The Kier molecular flexibility index (Phi) is 10.4. The summed E-state index contributed by atoms with van der Waals surface area (Å²) >= 11 is 0. The molecule has 0 fully saturated rings. The zero-order valence-corrected chi connectivity index (χ0v) is 26.1. The van der Waals surface area contributed by atoms with Gasteiger partial charge in [0.1, 0.15) is 5.82 Å². The van der Waals surface area contributed by atoms with Crippen LogP contribution in [-0.4, -0.2) is 22.4 Å². The molecule has 0 spiro atoms. The molecule has 40 heavy (non-hydrogen) atoms. The molecule has 5 aromatic carbocycles. The minimum atomic E-state index is -2.20. The first-order valence-electron chi connectivity index (χ1n) is 11.2. The smallest absolute Gasteiger partial charge is 0.402 e. The Morgan fingerprint density at radius 1 is 0.525 bits per heavy atom. The number of fused-ring (bicyclic) bond motifs is 3. The molecule has 0 aliphatic heterocycles. The van der Waals surface area contributed by atoms with Gasteiger partial charge in [-0.25, -0.2) is 26.3 Å². The van der Waals surface area contributed by atoms with Crippen LogP contribution in [0, 0.1) is 60.6 Å². The van der Waals surface area contributed by atoms with Gasteiger partial charge < -0.3 is 15.1 Å². The van der Waals surface area contributed by atoms with Gasteiger partial charge in [-0.15, -0.1) is 11.5 Å². The molecular formula is C28H17BF7O3Rb. The topological polar surface area (TPSA) is 60.7 Å². The van der Waals surface area contributed by atoms with E-state index in [-0.39, 0.29) is 74.9 Å². The van der Waals surface area contributed by atoms with Crippen molar-refractivity contribution < 1.29 is 104 Å². The summed E-state index contributed by atoms with van der Waals surface area (Å²) < 4.78 is 103. The number of benzene rings is 5. The van der Waals surface area contributed by atoms with Crippen molar-refractivity contribution in [1.82, 2.24) is 0 Å². The van der Waals surface area contributed by atoms with Crippen LogP contribution in [0.1, 0.15) is 11.1 Å². The minimum Gasteiger partial charge on any atom is -0.402 e. The Balaban J connectivity index is 0.000000828. The normalized spacial score (nSPS) is 10.8. The first-order valence-corrected chi connectivity index (χ1v) is 11.2.